The number of amides is 1. The summed E-state index contributed by atoms with van der Waals surface area (Å²) in [5.74, 6) is -0.564. The zero-order valence-corrected chi connectivity index (χ0v) is 12.0. The van der Waals surface area contributed by atoms with Gasteiger partial charge in [-0.05, 0) is 42.7 Å². The Kier molecular flexibility index (Phi) is 4.44. The minimum Gasteiger partial charge on any atom is -0.393 e. The number of thioether (sulfide) groups is 1. The van der Waals surface area contributed by atoms with Gasteiger partial charge in [0.05, 0.1) is 4.92 Å². The number of para-hydroxylation sites is 1. The highest BCUT2D eigenvalue weighted by atomic mass is 32.2. The molecule has 21 heavy (non-hydrogen) atoms. The van der Waals surface area contributed by atoms with Gasteiger partial charge < -0.3 is 11.1 Å². The number of nitrogens with zero attached hydrogens (tertiary/aromatic N) is 1. The summed E-state index contributed by atoms with van der Waals surface area (Å²) in [5.41, 5.74) is 5.65. The molecule has 0 saturated carbocycles. The SMILES string of the molecule is CSc1ccc(NC(=O)c2cccc(N)c2[N+](=O)[O-])cc1. The smallest absolute Gasteiger partial charge is 0.304 e. The van der Waals surface area contributed by atoms with Crippen LogP contribution in [0.5, 0.6) is 0 Å². The highest BCUT2D eigenvalue weighted by Gasteiger charge is 2.23. The van der Waals surface area contributed by atoms with Gasteiger partial charge in [-0.25, -0.2) is 0 Å². The van der Waals surface area contributed by atoms with E-state index in [4.69, 9.17) is 5.73 Å². The first-order valence-corrected chi connectivity index (χ1v) is 7.23. The van der Waals surface area contributed by atoms with Crippen molar-refractivity contribution in [3.8, 4) is 0 Å². The van der Waals surface area contributed by atoms with E-state index in [0.29, 0.717) is 5.69 Å². The number of nitro groups is 1. The quantitative estimate of drug-likeness (QED) is 0.391. The molecular formula is C14H13N3O3S. The summed E-state index contributed by atoms with van der Waals surface area (Å²) >= 11 is 1.58. The van der Waals surface area contributed by atoms with Gasteiger partial charge in [0.15, 0.2) is 0 Å². The maximum atomic E-state index is 12.2. The molecule has 0 fully saturated rings. The third-order valence-electron chi connectivity index (χ3n) is 2.84. The van der Waals surface area contributed by atoms with Crippen molar-refractivity contribution in [1.29, 1.82) is 0 Å². The molecule has 2 rings (SSSR count). The van der Waals surface area contributed by atoms with E-state index >= 15 is 0 Å². The van der Waals surface area contributed by atoms with Crippen LogP contribution in [0.4, 0.5) is 17.1 Å². The molecule has 0 aromatic heterocycles. The van der Waals surface area contributed by atoms with E-state index in [2.05, 4.69) is 5.32 Å². The summed E-state index contributed by atoms with van der Waals surface area (Å²) in [4.78, 5) is 23.6. The van der Waals surface area contributed by atoms with Crippen molar-refractivity contribution in [2.75, 3.05) is 17.3 Å². The largest absolute Gasteiger partial charge is 0.393 e. The lowest BCUT2D eigenvalue weighted by Gasteiger charge is -2.07. The summed E-state index contributed by atoms with van der Waals surface area (Å²) in [5, 5.41) is 13.6. The lowest BCUT2D eigenvalue weighted by Crippen LogP contribution is -2.14. The number of nitro benzene ring substituents is 1. The van der Waals surface area contributed by atoms with E-state index in [9.17, 15) is 14.9 Å². The molecule has 108 valence electrons. The van der Waals surface area contributed by atoms with E-state index in [-0.39, 0.29) is 16.9 Å². The minimum atomic E-state index is -0.652. The first kappa shape index (κ1) is 14.9. The van der Waals surface area contributed by atoms with Crippen molar-refractivity contribution >= 4 is 34.7 Å². The molecule has 0 atom stereocenters. The highest BCUT2D eigenvalue weighted by molar-refractivity contribution is 7.98. The van der Waals surface area contributed by atoms with Crippen LogP contribution in [0.25, 0.3) is 0 Å². The zero-order valence-electron chi connectivity index (χ0n) is 11.2. The maximum Gasteiger partial charge on any atom is 0.304 e. The molecule has 2 aromatic carbocycles. The number of nitrogen functional groups attached to an aromatic ring is 1. The van der Waals surface area contributed by atoms with Crippen molar-refractivity contribution in [3.05, 3.63) is 58.1 Å². The van der Waals surface area contributed by atoms with Crippen LogP contribution in [0.2, 0.25) is 0 Å². The molecule has 6 nitrogen and oxygen atoms in total. The summed E-state index contributed by atoms with van der Waals surface area (Å²) in [7, 11) is 0. The predicted octanol–water partition coefficient (Wildman–Crippen LogP) is 3.15. The second-order valence-electron chi connectivity index (χ2n) is 4.18. The molecule has 0 heterocycles. The highest BCUT2D eigenvalue weighted by Crippen LogP contribution is 2.27. The number of benzene rings is 2. The van der Waals surface area contributed by atoms with Crippen molar-refractivity contribution in [2.45, 2.75) is 4.90 Å². The van der Waals surface area contributed by atoms with Crippen molar-refractivity contribution in [2.24, 2.45) is 0 Å². The lowest BCUT2D eigenvalue weighted by molar-refractivity contribution is -0.384. The third-order valence-corrected chi connectivity index (χ3v) is 3.59. The van der Waals surface area contributed by atoms with Gasteiger partial charge in [-0.15, -0.1) is 11.8 Å². The third kappa shape index (κ3) is 3.32. The van der Waals surface area contributed by atoms with E-state index in [0.717, 1.165) is 4.90 Å². The predicted molar refractivity (Wildman–Crippen MR) is 83.7 cm³/mol. The molecule has 0 bridgehead atoms. The monoisotopic (exact) mass is 303 g/mol. The molecule has 0 saturated heterocycles. The van der Waals surface area contributed by atoms with E-state index in [1.165, 1.54) is 18.2 Å². The van der Waals surface area contributed by atoms with Crippen molar-refractivity contribution in [3.63, 3.8) is 0 Å². The van der Waals surface area contributed by atoms with Crippen molar-refractivity contribution in [1.82, 2.24) is 0 Å². The minimum absolute atomic E-state index is 0.0367. The van der Waals surface area contributed by atoms with Crippen LogP contribution in [-0.4, -0.2) is 17.1 Å². The number of anilines is 2. The molecule has 0 radical (unpaired) electrons. The van der Waals surface area contributed by atoms with Gasteiger partial charge in [0.25, 0.3) is 5.91 Å². The Hall–Kier alpha value is -2.54. The number of rotatable bonds is 4. The molecule has 2 aromatic rings. The van der Waals surface area contributed by atoms with Crippen molar-refractivity contribution < 1.29 is 9.72 Å². The fraction of sp³-hybridized carbons (Fsp3) is 0.0714. The molecule has 0 aliphatic heterocycles. The topological polar surface area (TPSA) is 98.3 Å². The average molecular weight is 303 g/mol. The number of hydrogen-bond acceptors (Lipinski definition) is 5. The molecular weight excluding hydrogens is 290 g/mol. The standard InChI is InChI=1S/C14H13N3O3S/c1-21-10-7-5-9(6-8-10)16-14(18)11-3-2-4-12(15)13(11)17(19)20/h2-8H,15H2,1H3,(H,16,18). The van der Waals surface area contributed by atoms with E-state index in [1.807, 2.05) is 18.4 Å². The number of carbonyl (C=O) groups is 1. The van der Waals surface area contributed by atoms with Gasteiger partial charge in [-0.3, -0.25) is 14.9 Å². The number of nitrogens with two attached hydrogens (primary N) is 1. The van der Waals surface area contributed by atoms with Crippen LogP contribution in [0.15, 0.2) is 47.4 Å². The summed E-state index contributed by atoms with van der Waals surface area (Å²) < 4.78 is 0. The molecule has 0 unspecified atom stereocenters. The second kappa shape index (κ2) is 6.27. The second-order valence-corrected chi connectivity index (χ2v) is 5.06. The molecule has 3 N–H and O–H groups in total. The number of carbonyl (C=O) groups excluding carboxylic acids is 1. The van der Waals surface area contributed by atoms with Gasteiger partial charge in [-0.1, -0.05) is 6.07 Å². The fourth-order valence-corrected chi connectivity index (χ4v) is 2.23. The maximum absolute atomic E-state index is 12.2. The molecule has 0 aliphatic carbocycles. The molecule has 1 amide bonds. The Labute approximate surface area is 125 Å². The Morgan fingerprint density at radius 1 is 1.24 bits per heavy atom. The van der Waals surface area contributed by atoms with Crippen LogP contribution in [0.3, 0.4) is 0 Å². The Morgan fingerprint density at radius 2 is 1.90 bits per heavy atom. The molecule has 0 spiro atoms. The summed E-state index contributed by atoms with van der Waals surface area (Å²) in [6.07, 6.45) is 1.95. The van der Waals surface area contributed by atoms with E-state index < -0.39 is 10.8 Å². The number of nitrogens with one attached hydrogen (secondary N) is 1. The van der Waals surface area contributed by atoms with Gasteiger partial charge in [0.2, 0.25) is 0 Å². The Bertz CT molecular complexity index is 686. The van der Waals surface area contributed by atoms with Gasteiger partial charge in [-0.2, -0.15) is 0 Å². The van der Waals surface area contributed by atoms with Crippen LogP contribution < -0.4 is 11.1 Å². The average Bonchev–Trinajstić information content (AvgIpc) is 2.47. The first-order valence-electron chi connectivity index (χ1n) is 6.01. The van der Waals surface area contributed by atoms with Gasteiger partial charge >= 0.3 is 5.69 Å². The van der Waals surface area contributed by atoms with E-state index in [1.54, 1.807) is 23.9 Å². The molecule has 0 aliphatic rings. The van der Waals surface area contributed by atoms with Gasteiger partial charge in [0, 0.05) is 10.6 Å². The van der Waals surface area contributed by atoms with Crippen LogP contribution in [0.1, 0.15) is 10.4 Å². The summed E-state index contributed by atoms with van der Waals surface area (Å²) in [6.45, 7) is 0. The van der Waals surface area contributed by atoms with Crippen LogP contribution in [0, 0.1) is 10.1 Å². The Morgan fingerprint density at radius 3 is 2.48 bits per heavy atom. The number of hydrogen-bond donors (Lipinski definition) is 2. The van der Waals surface area contributed by atoms with Crippen LogP contribution in [-0.2, 0) is 0 Å². The van der Waals surface area contributed by atoms with Crippen LogP contribution >= 0.6 is 11.8 Å². The lowest BCUT2D eigenvalue weighted by atomic mass is 10.1. The normalized spacial score (nSPS) is 10.1. The molecule has 7 heteroatoms. The Balaban J connectivity index is 2.28. The summed E-state index contributed by atoms with van der Waals surface area (Å²) in [6, 6.07) is 11.5. The zero-order chi connectivity index (χ0) is 15.4. The first-order chi connectivity index (χ1) is 10.0. The fourth-order valence-electron chi connectivity index (χ4n) is 1.82. The van der Waals surface area contributed by atoms with Gasteiger partial charge in [0.1, 0.15) is 11.3 Å².